The van der Waals surface area contributed by atoms with Crippen LogP contribution in [0.1, 0.15) is 21.5 Å². The number of aryl methyl sites for hydroxylation is 1. The van der Waals surface area contributed by atoms with Crippen molar-refractivity contribution in [3.63, 3.8) is 0 Å². The molecule has 0 aliphatic heterocycles. The fourth-order valence-electron chi connectivity index (χ4n) is 1.82. The minimum absolute atomic E-state index is 0.173. The highest BCUT2D eigenvalue weighted by Gasteiger charge is 2.11. The summed E-state index contributed by atoms with van der Waals surface area (Å²) in [7, 11) is 0. The SMILES string of the molecule is Cc1cccc(C(=O)Nc2ccc(N)cc2Cl)c1C. The number of carbonyl (C=O) groups excluding carboxylic acids is 1. The maximum absolute atomic E-state index is 12.2. The molecule has 3 nitrogen and oxygen atoms in total. The van der Waals surface area contributed by atoms with Crippen molar-refractivity contribution in [1.29, 1.82) is 0 Å². The van der Waals surface area contributed by atoms with Gasteiger partial charge in [0.25, 0.3) is 5.91 Å². The van der Waals surface area contributed by atoms with Gasteiger partial charge in [-0.15, -0.1) is 0 Å². The number of benzene rings is 2. The Morgan fingerprint density at radius 2 is 1.95 bits per heavy atom. The Bertz CT molecular complexity index is 638. The highest BCUT2D eigenvalue weighted by molar-refractivity contribution is 6.34. The molecular formula is C15H15ClN2O. The number of hydrogen-bond donors (Lipinski definition) is 2. The van der Waals surface area contributed by atoms with E-state index in [9.17, 15) is 4.79 Å². The normalized spacial score (nSPS) is 10.3. The second-order valence-electron chi connectivity index (χ2n) is 4.44. The van der Waals surface area contributed by atoms with E-state index in [1.165, 1.54) is 0 Å². The Balaban J connectivity index is 2.28. The molecule has 0 fully saturated rings. The summed E-state index contributed by atoms with van der Waals surface area (Å²) in [5.41, 5.74) is 9.43. The highest BCUT2D eigenvalue weighted by atomic mass is 35.5. The molecule has 1 amide bonds. The summed E-state index contributed by atoms with van der Waals surface area (Å²) in [4.78, 5) is 12.2. The number of amides is 1. The van der Waals surface area contributed by atoms with Crippen LogP contribution in [0.2, 0.25) is 5.02 Å². The van der Waals surface area contributed by atoms with E-state index in [4.69, 9.17) is 17.3 Å². The molecule has 0 aliphatic rings. The van der Waals surface area contributed by atoms with Crippen molar-refractivity contribution < 1.29 is 4.79 Å². The van der Waals surface area contributed by atoms with E-state index in [0.717, 1.165) is 11.1 Å². The van der Waals surface area contributed by atoms with Gasteiger partial charge in [-0.2, -0.15) is 0 Å². The van der Waals surface area contributed by atoms with Crippen LogP contribution in [0.3, 0.4) is 0 Å². The van der Waals surface area contributed by atoms with Gasteiger partial charge in [-0.05, 0) is 49.2 Å². The number of halogens is 1. The third-order valence-electron chi connectivity index (χ3n) is 3.09. The van der Waals surface area contributed by atoms with Crippen LogP contribution in [-0.4, -0.2) is 5.91 Å². The summed E-state index contributed by atoms with van der Waals surface area (Å²) in [5.74, 6) is -0.173. The lowest BCUT2D eigenvalue weighted by molar-refractivity contribution is 0.102. The van der Waals surface area contributed by atoms with Gasteiger partial charge in [0.1, 0.15) is 0 Å². The van der Waals surface area contributed by atoms with Crippen molar-refractivity contribution in [2.45, 2.75) is 13.8 Å². The number of anilines is 2. The largest absolute Gasteiger partial charge is 0.399 e. The average molecular weight is 275 g/mol. The molecular weight excluding hydrogens is 260 g/mol. The maximum atomic E-state index is 12.2. The molecule has 0 saturated heterocycles. The van der Waals surface area contributed by atoms with Crippen LogP contribution in [-0.2, 0) is 0 Å². The number of rotatable bonds is 2. The third kappa shape index (κ3) is 2.88. The summed E-state index contributed by atoms with van der Waals surface area (Å²) in [6.07, 6.45) is 0. The molecule has 0 heterocycles. The van der Waals surface area contributed by atoms with E-state index in [2.05, 4.69) is 5.32 Å². The minimum atomic E-state index is -0.173. The summed E-state index contributed by atoms with van der Waals surface area (Å²) in [6, 6.07) is 10.6. The van der Waals surface area contributed by atoms with E-state index < -0.39 is 0 Å². The fraction of sp³-hybridized carbons (Fsp3) is 0.133. The van der Waals surface area contributed by atoms with Crippen LogP contribution >= 0.6 is 11.6 Å². The molecule has 0 aromatic heterocycles. The second-order valence-corrected chi connectivity index (χ2v) is 4.85. The predicted molar refractivity (Wildman–Crippen MR) is 79.7 cm³/mol. The zero-order valence-corrected chi connectivity index (χ0v) is 11.6. The van der Waals surface area contributed by atoms with Crippen LogP contribution in [0.15, 0.2) is 36.4 Å². The average Bonchev–Trinajstić information content (AvgIpc) is 2.36. The second kappa shape index (κ2) is 5.33. The molecule has 3 N–H and O–H groups in total. The topological polar surface area (TPSA) is 55.1 Å². The Morgan fingerprint density at radius 1 is 1.21 bits per heavy atom. The van der Waals surface area contributed by atoms with Gasteiger partial charge < -0.3 is 11.1 Å². The Labute approximate surface area is 117 Å². The molecule has 0 saturated carbocycles. The van der Waals surface area contributed by atoms with Gasteiger partial charge in [0, 0.05) is 11.3 Å². The van der Waals surface area contributed by atoms with Crippen molar-refractivity contribution >= 4 is 28.9 Å². The van der Waals surface area contributed by atoms with Gasteiger partial charge in [-0.1, -0.05) is 23.7 Å². The van der Waals surface area contributed by atoms with Gasteiger partial charge in [-0.3, -0.25) is 4.79 Å². The summed E-state index contributed by atoms with van der Waals surface area (Å²) in [5, 5.41) is 3.22. The first-order valence-corrected chi connectivity index (χ1v) is 6.29. The van der Waals surface area contributed by atoms with Crippen molar-refractivity contribution in [1.82, 2.24) is 0 Å². The van der Waals surface area contributed by atoms with E-state index in [1.807, 2.05) is 26.0 Å². The molecule has 98 valence electrons. The molecule has 0 bridgehead atoms. The summed E-state index contributed by atoms with van der Waals surface area (Å²) in [6.45, 7) is 3.90. The Morgan fingerprint density at radius 3 is 2.63 bits per heavy atom. The first kappa shape index (κ1) is 13.4. The zero-order valence-electron chi connectivity index (χ0n) is 10.8. The van der Waals surface area contributed by atoms with Gasteiger partial charge in [0.05, 0.1) is 10.7 Å². The summed E-state index contributed by atoms with van der Waals surface area (Å²) >= 11 is 6.04. The molecule has 0 aliphatic carbocycles. The van der Waals surface area contributed by atoms with Gasteiger partial charge in [0.2, 0.25) is 0 Å². The van der Waals surface area contributed by atoms with Crippen LogP contribution in [0, 0.1) is 13.8 Å². The van der Waals surface area contributed by atoms with E-state index in [1.54, 1.807) is 24.3 Å². The molecule has 2 rings (SSSR count). The van der Waals surface area contributed by atoms with E-state index >= 15 is 0 Å². The number of nitrogen functional groups attached to an aromatic ring is 1. The number of carbonyl (C=O) groups is 1. The lowest BCUT2D eigenvalue weighted by Crippen LogP contribution is -2.14. The fourth-order valence-corrected chi connectivity index (χ4v) is 2.06. The molecule has 0 spiro atoms. The van der Waals surface area contributed by atoms with E-state index in [-0.39, 0.29) is 5.91 Å². The third-order valence-corrected chi connectivity index (χ3v) is 3.40. The van der Waals surface area contributed by atoms with Crippen molar-refractivity contribution in [3.8, 4) is 0 Å². The lowest BCUT2D eigenvalue weighted by atomic mass is 10.0. The molecule has 2 aromatic carbocycles. The van der Waals surface area contributed by atoms with Crippen LogP contribution in [0.25, 0.3) is 0 Å². The van der Waals surface area contributed by atoms with E-state index in [0.29, 0.717) is 22.0 Å². The van der Waals surface area contributed by atoms with Gasteiger partial charge in [-0.25, -0.2) is 0 Å². The maximum Gasteiger partial charge on any atom is 0.255 e. The molecule has 0 unspecified atom stereocenters. The highest BCUT2D eigenvalue weighted by Crippen LogP contribution is 2.25. The monoisotopic (exact) mass is 274 g/mol. The first-order chi connectivity index (χ1) is 8.99. The number of hydrogen-bond acceptors (Lipinski definition) is 2. The van der Waals surface area contributed by atoms with Crippen molar-refractivity contribution in [3.05, 3.63) is 58.1 Å². The molecule has 19 heavy (non-hydrogen) atoms. The van der Waals surface area contributed by atoms with Crippen molar-refractivity contribution in [2.75, 3.05) is 11.1 Å². The summed E-state index contributed by atoms with van der Waals surface area (Å²) < 4.78 is 0. The number of nitrogens with two attached hydrogens (primary N) is 1. The smallest absolute Gasteiger partial charge is 0.255 e. The first-order valence-electron chi connectivity index (χ1n) is 5.91. The minimum Gasteiger partial charge on any atom is -0.399 e. The molecule has 0 atom stereocenters. The molecule has 4 heteroatoms. The zero-order chi connectivity index (χ0) is 14.0. The Hall–Kier alpha value is -2.00. The van der Waals surface area contributed by atoms with Crippen LogP contribution in [0.5, 0.6) is 0 Å². The van der Waals surface area contributed by atoms with Crippen LogP contribution < -0.4 is 11.1 Å². The lowest BCUT2D eigenvalue weighted by Gasteiger charge is -2.11. The van der Waals surface area contributed by atoms with Crippen LogP contribution in [0.4, 0.5) is 11.4 Å². The molecule has 0 radical (unpaired) electrons. The van der Waals surface area contributed by atoms with Crippen molar-refractivity contribution in [2.24, 2.45) is 0 Å². The Kier molecular flexibility index (Phi) is 3.76. The quantitative estimate of drug-likeness (QED) is 0.819. The molecule has 2 aromatic rings. The predicted octanol–water partition coefficient (Wildman–Crippen LogP) is 3.79. The van der Waals surface area contributed by atoms with Gasteiger partial charge in [0.15, 0.2) is 0 Å². The van der Waals surface area contributed by atoms with Gasteiger partial charge >= 0.3 is 0 Å². The standard InChI is InChI=1S/C15H15ClN2O/c1-9-4-3-5-12(10(9)2)15(19)18-14-7-6-11(17)8-13(14)16/h3-8H,17H2,1-2H3,(H,18,19). The number of nitrogens with one attached hydrogen (secondary N) is 1.